The van der Waals surface area contributed by atoms with Gasteiger partial charge in [0.1, 0.15) is 30.4 Å². The molecule has 0 fully saturated rings. The third-order valence-electron chi connectivity index (χ3n) is 6.41. The molecule has 4 aromatic rings. The second kappa shape index (κ2) is 15.4. The number of aromatic nitrogens is 3. The predicted octanol–water partition coefficient (Wildman–Crippen LogP) is 2.89. The van der Waals surface area contributed by atoms with E-state index in [1.807, 2.05) is 6.07 Å². The van der Waals surface area contributed by atoms with E-state index in [0.29, 0.717) is 17.0 Å². The topological polar surface area (TPSA) is 188 Å². The van der Waals surface area contributed by atoms with Crippen molar-refractivity contribution < 1.29 is 46.8 Å². The zero-order valence-corrected chi connectivity index (χ0v) is 26.3. The third-order valence-corrected chi connectivity index (χ3v) is 7.38. The molecule has 1 amide bonds. The van der Waals surface area contributed by atoms with Crippen LogP contribution < -0.4 is 14.8 Å². The normalized spacial score (nSPS) is 13.3. The number of hydrogen-bond acceptors (Lipinski definition) is 12. The summed E-state index contributed by atoms with van der Waals surface area (Å²) >= 11 is 0. The van der Waals surface area contributed by atoms with E-state index < -0.39 is 40.1 Å². The Morgan fingerprint density at radius 1 is 1.00 bits per heavy atom. The molecule has 4 rings (SSSR count). The molecule has 0 radical (unpaired) electrons. The average molecular weight is 655 g/mol. The molecule has 3 atom stereocenters. The number of nitrogens with zero attached hydrogens (tertiary/aromatic N) is 2. The van der Waals surface area contributed by atoms with Crippen molar-refractivity contribution in [3.8, 4) is 28.6 Å². The zero-order valence-electron chi connectivity index (χ0n) is 25.5. The van der Waals surface area contributed by atoms with Gasteiger partial charge in [0.15, 0.2) is 20.9 Å². The molecule has 0 aliphatic rings. The van der Waals surface area contributed by atoms with E-state index in [4.69, 9.17) is 23.7 Å². The Labute approximate surface area is 265 Å². The second-order valence-electron chi connectivity index (χ2n) is 10.1. The van der Waals surface area contributed by atoms with Crippen molar-refractivity contribution in [1.29, 1.82) is 0 Å². The fraction of sp³-hybridized carbons (Fsp3) is 0.290. The number of hydrogen-bond donors (Lipinski definition) is 3. The minimum Gasteiger partial charge on any atom is -0.462 e. The van der Waals surface area contributed by atoms with E-state index in [0.717, 1.165) is 18.0 Å². The van der Waals surface area contributed by atoms with Gasteiger partial charge >= 0.3 is 5.97 Å². The summed E-state index contributed by atoms with van der Waals surface area (Å²) in [6, 6.07) is 15.7. The number of benzene rings is 2. The molecule has 15 heteroatoms. The summed E-state index contributed by atoms with van der Waals surface area (Å²) < 4.78 is 51.0. The van der Waals surface area contributed by atoms with Crippen LogP contribution in [0.25, 0.3) is 11.3 Å². The minimum absolute atomic E-state index is 0.0179. The Bertz CT molecular complexity index is 1730. The number of rotatable bonds is 15. The number of methoxy groups -OCH3 is 2. The highest BCUT2D eigenvalue weighted by Crippen LogP contribution is 2.32. The maximum atomic E-state index is 13.1. The molecule has 2 aromatic heterocycles. The van der Waals surface area contributed by atoms with Crippen LogP contribution in [0.2, 0.25) is 0 Å². The van der Waals surface area contributed by atoms with Gasteiger partial charge in [-0.15, -0.1) is 0 Å². The summed E-state index contributed by atoms with van der Waals surface area (Å²) in [4.78, 5) is 36.7. The van der Waals surface area contributed by atoms with Crippen LogP contribution in [0.3, 0.4) is 0 Å². The number of sulfone groups is 1. The lowest BCUT2D eigenvalue weighted by Gasteiger charge is -2.20. The molecule has 46 heavy (non-hydrogen) atoms. The summed E-state index contributed by atoms with van der Waals surface area (Å²) in [7, 11) is -0.600. The number of aromatic amines is 1. The number of H-pyrrole nitrogens is 1. The molecule has 14 nitrogen and oxygen atoms in total. The Hall–Kier alpha value is -4.83. The summed E-state index contributed by atoms with van der Waals surface area (Å²) in [6.07, 6.45) is 1.28. The highest BCUT2D eigenvalue weighted by molar-refractivity contribution is 7.90. The van der Waals surface area contributed by atoms with Gasteiger partial charge in [-0.3, -0.25) is 4.79 Å². The summed E-state index contributed by atoms with van der Waals surface area (Å²) in [5, 5.41) is 12.5. The van der Waals surface area contributed by atoms with E-state index in [1.54, 1.807) is 48.5 Å². The van der Waals surface area contributed by atoms with Crippen LogP contribution >= 0.6 is 0 Å². The van der Waals surface area contributed by atoms with Crippen molar-refractivity contribution in [2.24, 2.45) is 0 Å². The van der Waals surface area contributed by atoms with Gasteiger partial charge in [0.05, 0.1) is 18.5 Å². The number of aliphatic hydroxyl groups excluding tert-OH is 1. The van der Waals surface area contributed by atoms with Crippen molar-refractivity contribution in [2.45, 2.75) is 37.0 Å². The van der Waals surface area contributed by atoms with E-state index >= 15 is 0 Å². The Morgan fingerprint density at radius 3 is 2.37 bits per heavy atom. The molecular weight excluding hydrogens is 620 g/mol. The lowest BCUT2D eigenvalue weighted by Crippen LogP contribution is -2.48. The Balaban J connectivity index is 1.55. The molecular formula is C31H34N4O10S. The standard InChI is InChI=1S/C31H34N4O10S/c1-19(36)29(31(38)43-17-20-8-6-5-7-9-20)35-30(37)25-11-10-24(34-25)21-12-22(14-23(13-21)45-28(42-3)18-41-2)44-26-15-33-27(16-32-26)46(4,39)40/h5-16,19,28-29,34,36H,17-18H2,1-4H3,(H,35,37)/t19?,28-,29-/m0/s1. The highest BCUT2D eigenvalue weighted by Gasteiger charge is 2.28. The predicted molar refractivity (Wildman–Crippen MR) is 164 cm³/mol. The van der Waals surface area contributed by atoms with Gasteiger partial charge in [0.25, 0.3) is 5.91 Å². The third kappa shape index (κ3) is 9.34. The quantitative estimate of drug-likeness (QED) is 0.126. The van der Waals surface area contributed by atoms with Crippen LogP contribution in [0.5, 0.6) is 17.4 Å². The van der Waals surface area contributed by atoms with Crippen molar-refractivity contribution in [3.63, 3.8) is 0 Å². The zero-order chi connectivity index (χ0) is 33.3. The van der Waals surface area contributed by atoms with Gasteiger partial charge in [-0.2, -0.15) is 0 Å². The lowest BCUT2D eigenvalue weighted by atomic mass is 10.1. The molecule has 244 valence electrons. The number of ether oxygens (including phenoxy) is 5. The van der Waals surface area contributed by atoms with E-state index in [1.165, 1.54) is 33.4 Å². The first-order valence-corrected chi connectivity index (χ1v) is 15.8. The molecule has 1 unspecified atom stereocenters. The average Bonchev–Trinajstić information content (AvgIpc) is 3.53. The maximum Gasteiger partial charge on any atom is 0.331 e. The number of carbonyl (C=O) groups is 2. The van der Waals surface area contributed by atoms with E-state index in [-0.39, 0.29) is 35.6 Å². The molecule has 2 heterocycles. The molecule has 3 N–H and O–H groups in total. The van der Waals surface area contributed by atoms with Crippen molar-refractivity contribution in [2.75, 3.05) is 27.1 Å². The monoisotopic (exact) mass is 654 g/mol. The molecule has 0 saturated heterocycles. The lowest BCUT2D eigenvalue weighted by molar-refractivity contribution is -0.150. The highest BCUT2D eigenvalue weighted by atomic mass is 32.2. The Morgan fingerprint density at radius 2 is 1.74 bits per heavy atom. The van der Waals surface area contributed by atoms with Crippen LogP contribution in [0.4, 0.5) is 0 Å². The van der Waals surface area contributed by atoms with Crippen molar-refractivity contribution in [1.82, 2.24) is 20.3 Å². The number of aliphatic hydroxyl groups is 1. The maximum absolute atomic E-state index is 13.1. The number of amides is 1. The fourth-order valence-corrected chi connectivity index (χ4v) is 4.56. The fourth-order valence-electron chi connectivity index (χ4n) is 4.07. The molecule has 0 aliphatic heterocycles. The Kier molecular flexibility index (Phi) is 11.4. The largest absolute Gasteiger partial charge is 0.462 e. The smallest absolute Gasteiger partial charge is 0.331 e. The summed E-state index contributed by atoms with van der Waals surface area (Å²) in [5.74, 6) is -0.865. The van der Waals surface area contributed by atoms with Crippen LogP contribution in [-0.4, -0.2) is 85.9 Å². The molecule has 0 aliphatic carbocycles. The van der Waals surface area contributed by atoms with E-state index in [9.17, 15) is 23.1 Å². The molecule has 0 bridgehead atoms. The summed E-state index contributed by atoms with van der Waals surface area (Å²) in [6.45, 7) is 1.48. The van der Waals surface area contributed by atoms with E-state index in [2.05, 4.69) is 20.3 Å². The van der Waals surface area contributed by atoms with Crippen molar-refractivity contribution >= 4 is 21.7 Å². The number of carbonyl (C=O) groups excluding carboxylic acids is 2. The number of esters is 1. The van der Waals surface area contributed by atoms with Gasteiger partial charge < -0.3 is 39.1 Å². The van der Waals surface area contributed by atoms with Gasteiger partial charge in [0.2, 0.25) is 12.2 Å². The van der Waals surface area contributed by atoms with Gasteiger partial charge in [-0.05, 0) is 36.8 Å². The van der Waals surface area contributed by atoms with Crippen LogP contribution in [0.15, 0.2) is 78.1 Å². The number of nitrogens with one attached hydrogen (secondary N) is 2. The van der Waals surface area contributed by atoms with Crippen LogP contribution in [0, 0.1) is 0 Å². The summed E-state index contributed by atoms with van der Waals surface area (Å²) in [5.41, 5.74) is 1.85. The first-order chi connectivity index (χ1) is 22.0. The molecule has 2 aromatic carbocycles. The second-order valence-corrected chi connectivity index (χ2v) is 12.0. The minimum atomic E-state index is -3.55. The molecule has 0 spiro atoms. The van der Waals surface area contributed by atoms with Crippen LogP contribution in [-0.2, 0) is 35.4 Å². The van der Waals surface area contributed by atoms with Gasteiger partial charge in [-0.25, -0.2) is 23.2 Å². The first-order valence-electron chi connectivity index (χ1n) is 13.9. The van der Waals surface area contributed by atoms with Crippen LogP contribution in [0.1, 0.15) is 23.0 Å². The van der Waals surface area contributed by atoms with Gasteiger partial charge in [0, 0.05) is 37.8 Å². The van der Waals surface area contributed by atoms with Crippen molar-refractivity contribution in [3.05, 3.63) is 84.3 Å². The van der Waals surface area contributed by atoms with Gasteiger partial charge in [-0.1, -0.05) is 30.3 Å². The molecule has 0 saturated carbocycles. The first kappa shape index (κ1) is 34.1. The SMILES string of the molecule is COC[C@@H](OC)Oc1cc(Oc2cnc(S(C)(=O)=O)cn2)cc(-c2ccc(C(=O)N[C@H](C(=O)OCc3ccccc3)C(C)O)[nH]2)c1.